The van der Waals surface area contributed by atoms with Crippen LogP contribution in [0, 0.1) is 13.8 Å². The van der Waals surface area contributed by atoms with E-state index < -0.39 is 9.05 Å². The summed E-state index contributed by atoms with van der Waals surface area (Å²) in [5.41, 5.74) is 0.651. The van der Waals surface area contributed by atoms with Crippen molar-refractivity contribution in [2.45, 2.75) is 25.3 Å². The van der Waals surface area contributed by atoms with Crippen molar-refractivity contribution in [3.05, 3.63) is 35.5 Å². The molecule has 0 radical (unpaired) electrons. The predicted octanol–water partition coefficient (Wildman–Crippen LogP) is 2.19. The molecule has 0 amide bonds. The van der Waals surface area contributed by atoms with Crippen LogP contribution >= 0.6 is 10.7 Å². The number of hydrogen-bond acceptors (Lipinski definition) is 6. The summed E-state index contributed by atoms with van der Waals surface area (Å²) in [6, 6.07) is 4.36. The Morgan fingerprint density at radius 2 is 2.11 bits per heavy atom. The number of nitrogens with zero attached hydrogens (tertiary/aromatic N) is 2. The molecular weight excluding hydrogens is 292 g/mol. The lowest BCUT2D eigenvalue weighted by molar-refractivity contribution is 0.241. The van der Waals surface area contributed by atoms with Crippen molar-refractivity contribution in [3.8, 4) is 5.75 Å². The largest absolute Gasteiger partial charge is 0.483 e. The van der Waals surface area contributed by atoms with Crippen LogP contribution in [0.2, 0.25) is 0 Å². The van der Waals surface area contributed by atoms with Gasteiger partial charge in [-0.05, 0) is 37.6 Å². The van der Waals surface area contributed by atoms with E-state index in [2.05, 4.69) is 10.1 Å². The smallest absolute Gasteiger partial charge is 0.264 e. The molecule has 0 aliphatic rings. The molecule has 0 atom stereocenters. The Hall–Kier alpha value is -1.60. The molecule has 0 aliphatic heterocycles. The van der Waals surface area contributed by atoms with Gasteiger partial charge in [0.25, 0.3) is 14.9 Å². The number of rotatable bonds is 4. The molecule has 0 saturated heterocycles. The third kappa shape index (κ3) is 3.45. The van der Waals surface area contributed by atoms with E-state index in [0.717, 1.165) is 0 Å². The highest BCUT2D eigenvalue weighted by Gasteiger charge is 2.12. The molecule has 1 heterocycles. The minimum absolute atomic E-state index is 0.0349. The monoisotopic (exact) mass is 302 g/mol. The zero-order valence-corrected chi connectivity index (χ0v) is 11.8. The lowest BCUT2D eigenvalue weighted by atomic mass is 10.2. The molecule has 0 spiro atoms. The van der Waals surface area contributed by atoms with Gasteiger partial charge in [0.15, 0.2) is 12.4 Å². The van der Waals surface area contributed by atoms with Crippen LogP contribution in [0.1, 0.15) is 17.3 Å². The van der Waals surface area contributed by atoms with Crippen molar-refractivity contribution in [3.63, 3.8) is 0 Å². The van der Waals surface area contributed by atoms with E-state index in [-0.39, 0.29) is 11.5 Å². The summed E-state index contributed by atoms with van der Waals surface area (Å²) < 4.78 is 32.7. The summed E-state index contributed by atoms with van der Waals surface area (Å²) >= 11 is 0. The van der Waals surface area contributed by atoms with Gasteiger partial charge in [-0.25, -0.2) is 8.42 Å². The maximum Gasteiger partial charge on any atom is 0.264 e. The maximum atomic E-state index is 11.2. The fraction of sp³-hybridized carbons (Fsp3) is 0.273. The third-order valence-electron chi connectivity index (χ3n) is 2.35. The van der Waals surface area contributed by atoms with Crippen LogP contribution in [0.3, 0.4) is 0 Å². The van der Waals surface area contributed by atoms with Crippen LogP contribution in [0.5, 0.6) is 5.75 Å². The highest BCUT2D eigenvalue weighted by Crippen LogP contribution is 2.24. The van der Waals surface area contributed by atoms with Crippen molar-refractivity contribution in [1.29, 1.82) is 0 Å². The Bertz CT molecular complexity index is 696. The quantitative estimate of drug-likeness (QED) is 0.805. The third-order valence-corrected chi connectivity index (χ3v) is 3.70. The van der Waals surface area contributed by atoms with Gasteiger partial charge in [-0.2, -0.15) is 4.98 Å². The summed E-state index contributed by atoms with van der Waals surface area (Å²) in [5, 5.41) is 3.63. The molecule has 1 aromatic carbocycles. The number of aromatic nitrogens is 2. The SMILES string of the molecule is Cc1noc(COc2ccc(S(=O)(=O)Cl)cc2C)n1. The number of halogens is 1. The second-order valence-electron chi connectivity index (χ2n) is 3.89. The molecule has 19 heavy (non-hydrogen) atoms. The second-order valence-corrected chi connectivity index (χ2v) is 6.46. The lowest BCUT2D eigenvalue weighted by Gasteiger charge is -2.07. The van der Waals surface area contributed by atoms with Crippen LogP contribution in [-0.4, -0.2) is 18.6 Å². The fourth-order valence-electron chi connectivity index (χ4n) is 1.47. The Balaban J connectivity index is 2.14. The van der Waals surface area contributed by atoms with Crippen LogP contribution in [0.25, 0.3) is 0 Å². The minimum atomic E-state index is -3.73. The van der Waals surface area contributed by atoms with Gasteiger partial charge in [-0.15, -0.1) is 0 Å². The van der Waals surface area contributed by atoms with Crippen LogP contribution in [0.4, 0.5) is 0 Å². The van der Waals surface area contributed by atoms with E-state index in [4.69, 9.17) is 19.9 Å². The first kappa shape index (κ1) is 13.8. The molecule has 0 fully saturated rings. The summed E-state index contributed by atoms with van der Waals surface area (Å²) in [6.45, 7) is 3.55. The molecule has 0 saturated carbocycles. The highest BCUT2D eigenvalue weighted by molar-refractivity contribution is 8.13. The normalized spacial score (nSPS) is 11.5. The van der Waals surface area contributed by atoms with Crippen molar-refractivity contribution in [2.24, 2.45) is 0 Å². The van der Waals surface area contributed by atoms with Gasteiger partial charge in [-0.1, -0.05) is 5.16 Å². The Morgan fingerprint density at radius 3 is 2.63 bits per heavy atom. The molecule has 102 valence electrons. The van der Waals surface area contributed by atoms with Gasteiger partial charge in [-0.3, -0.25) is 0 Å². The molecule has 0 N–H and O–H groups in total. The first-order valence-corrected chi connectivity index (χ1v) is 7.64. The molecule has 8 heteroatoms. The van der Waals surface area contributed by atoms with E-state index in [9.17, 15) is 8.42 Å². The van der Waals surface area contributed by atoms with E-state index in [1.165, 1.54) is 18.2 Å². The van der Waals surface area contributed by atoms with Crippen molar-refractivity contribution < 1.29 is 17.7 Å². The summed E-state index contributed by atoms with van der Waals surface area (Å²) in [5.74, 6) is 1.41. The molecule has 0 aliphatic carbocycles. The predicted molar refractivity (Wildman–Crippen MR) is 67.6 cm³/mol. The fourth-order valence-corrected chi connectivity index (χ4v) is 2.31. The molecule has 2 rings (SSSR count). The van der Waals surface area contributed by atoms with E-state index >= 15 is 0 Å². The van der Waals surface area contributed by atoms with Crippen LogP contribution < -0.4 is 4.74 Å². The second kappa shape index (κ2) is 5.18. The molecule has 0 unspecified atom stereocenters. The van der Waals surface area contributed by atoms with Gasteiger partial charge in [0.1, 0.15) is 5.75 Å². The number of hydrogen-bond donors (Lipinski definition) is 0. The Labute approximate surface area is 114 Å². The molecular formula is C11H11ClN2O4S. The van der Waals surface area contributed by atoms with Gasteiger partial charge >= 0.3 is 0 Å². The van der Waals surface area contributed by atoms with Gasteiger partial charge in [0.2, 0.25) is 0 Å². The van der Waals surface area contributed by atoms with Crippen molar-refractivity contribution in [2.75, 3.05) is 0 Å². The Morgan fingerprint density at radius 1 is 1.37 bits per heavy atom. The standard InChI is InChI=1S/C11H11ClN2O4S/c1-7-5-9(19(12,15)16)3-4-10(7)17-6-11-13-8(2)14-18-11/h3-5H,6H2,1-2H3. The number of ether oxygens (including phenoxy) is 1. The average Bonchev–Trinajstić information content (AvgIpc) is 2.72. The maximum absolute atomic E-state index is 11.2. The summed E-state index contributed by atoms with van der Waals surface area (Å²) in [4.78, 5) is 4.03. The van der Waals surface area contributed by atoms with Gasteiger partial charge in [0, 0.05) is 10.7 Å². The van der Waals surface area contributed by atoms with Crippen molar-refractivity contribution in [1.82, 2.24) is 10.1 Å². The van der Waals surface area contributed by atoms with E-state index in [1.54, 1.807) is 13.8 Å². The zero-order valence-electron chi connectivity index (χ0n) is 10.3. The van der Waals surface area contributed by atoms with E-state index in [0.29, 0.717) is 23.0 Å². The lowest BCUT2D eigenvalue weighted by Crippen LogP contribution is -1.99. The van der Waals surface area contributed by atoms with Crippen molar-refractivity contribution >= 4 is 19.7 Å². The van der Waals surface area contributed by atoms with E-state index in [1.807, 2.05) is 0 Å². The topological polar surface area (TPSA) is 82.3 Å². The molecule has 1 aromatic heterocycles. The Kier molecular flexibility index (Phi) is 3.77. The first-order valence-electron chi connectivity index (χ1n) is 5.33. The first-order chi connectivity index (χ1) is 8.86. The summed E-state index contributed by atoms with van der Waals surface area (Å²) in [6.07, 6.45) is 0. The van der Waals surface area contributed by atoms with Crippen LogP contribution in [0.15, 0.2) is 27.6 Å². The van der Waals surface area contributed by atoms with Gasteiger partial charge in [0.05, 0.1) is 4.90 Å². The summed E-state index contributed by atoms with van der Waals surface area (Å²) in [7, 11) is 1.53. The average molecular weight is 303 g/mol. The van der Waals surface area contributed by atoms with Gasteiger partial charge < -0.3 is 9.26 Å². The zero-order chi connectivity index (χ0) is 14.0. The molecule has 0 bridgehead atoms. The number of aryl methyl sites for hydroxylation is 2. The minimum Gasteiger partial charge on any atom is -0.483 e. The van der Waals surface area contributed by atoms with Crippen LogP contribution in [-0.2, 0) is 15.7 Å². The molecule has 2 aromatic rings. The number of benzene rings is 1. The highest BCUT2D eigenvalue weighted by atomic mass is 35.7. The molecule has 6 nitrogen and oxygen atoms in total.